The van der Waals surface area contributed by atoms with Crippen molar-refractivity contribution in [3.05, 3.63) is 46.4 Å². The molecule has 3 rings (SSSR count). The zero-order valence-corrected chi connectivity index (χ0v) is 11.1. The van der Waals surface area contributed by atoms with Crippen molar-refractivity contribution < 1.29 is 4.39 Å². The molecule has 3 nitrogen and oxygen atoms in total. The molecule has 1 aromatic carbocycles. The van der Waals surface area contributed by atoms with Crippen molar-refractivity contribution in [2.75, 3.05) is 0 Å². The second-order valence-corrected chi connectivity index (χ2v) is 4.97. The second kappa shape index (κ2) is 4.17. The average Bonchev–Trinajstić information content (AvgIpc) is 2.73. The number of fused-ring (bicyclic) bond motifs is 1. The Kier molecular flexibility index (Phi) is 2.63. The van der Waals surface area contributed by atoms with Crippen molar-refractivity contribution in [2.24, 2.45) is 0 Å². The van der Waals surface area contributed by atoms with Gasteiger partial charge in [0.2, 0.25) is 0 Å². The van der Waals surface area contributed by atoms with Gasteiger partial charge < -0.3 is 4.98 Å². The van der Waals surface area contributed by atoms with Crippen LogP contribution >= 0.6 is 15.9 Å². The predicted molar refractivity (Wildman–Crippen MR) is 71.7 cm³/mol. The molecule has 90 valence electrons. The number of halogens is 2. The quantitative estimate of drug-likeness (QED) is 0.742. The number of aromatic amines is 1. The number of nitrogens with one attached hydrogen (secondary N) is 1. The van der Waals surface area contributed by atoms with E-state index in [1.54, 1.807) is 18.5 Å². The summed E-state index contributed by atoms with van der Waals surface area (Å²) in [5.74, 6) is 0.388. The van der Waals surface area contributed by atoms with Gasteiger partial charge in [0.15, 0.2) is 0 Å². The highest BCUT2D eigenvalue weighted by Crippen LogP contribution is 2.25. The second-order valence-electron chi connectivity index (χ2n) is 4.12. The summed E-state index contributed by atoms with van der Waals surface area (Å²) in [6.07, 6.45) is 3.51. The highest BCUT2D eigenvalue weighted by atomic mass is 79.9. The van der Waals surface area contributed by atoms with E-state index in [-0.39, 0.29) is 5.82 Å². The normalized spacial score (nSPS) is 11.1. The molecule has 0 radical (unpaired) electrons. The molecule has 0 bridgehead atoms. The molecular formula is C13H9BrFN3. The van der Waals surface area contributed by atoms with Crippen molar-refractivity contribution in [2.45, 2.75) is 6.92 Å². The van der Waals surface area contributed by atoms with Crippen molar-refractivity contribution >= 4 is 27.0 Å². The number of hydrogen-bond donors (Lipinski definition) is 1. The zero-order chi connectivity index (χ0) is 12.7. The van der Waals surface area contributed by atoms with Gasteiger partial charge in [0.05, 0.1) is 15.5 Å². The lowest BCUT2D eigenvalue weighted by Crippen LogP contribution is -1.83. The van der Waals surface area contributed by atoms with Gasteiger partial charge in [0.1, 0.15) is 11.6 Å². The highest BCUT2D eigenvalue weighted by molar-refractivity contribution is 9.10. The van der Waals surface area contributed by atoms with Gasteiger partial charge in [0, 0.05) is 24.0 Å². The van der Waals surface area contributed by atoms with Crippen LogP contribution in [-0.2, 0) is 0 Å². The molecule has 0 atom stereocenters. The lowest BCUT2D eigenvalue weighted by Gasteiger charge is -1.96. The minimum absolute atomic E-state index is 0.305. The molecule has 0 saturated carbocycles. The first-order valence-corrected chi connectivity index (χ1v) is 6.19. The number of aryl methyl sites for hydroxylation is 1. The molecule has 0 saturated heterocycles. The third-order valence-electron chi connectivity index (χ3n) is 2.67. The van der Waals surface area contributed by atoms with E-state index < -0.39 is 0 Å². The van der Waals surface area contributed by atoms with Crippen molar-refractivity contribution in [3.8, 4) is 11.4 Å². The Morgan fingerprint density at radius 2 is 2.06 bits per heavy atom. The van der Waals surface area contributed by atoms with Crippen LogP contribution in [0.2, 0.25) is 0 Å². The standard InChI is InChI=1S/C13H9BrFN3/c1-7-2-8(6-16-5-7)13-17-11-3-9(14)10(15)4-12(11)18-13/h2-6H,1H3,(H,17,18). The number of hydrogen-bond acceptors (Lipinski definition) is 2. The lowest BCUT2D eigenvalue weighted by atomic mass is 10.2. The van der Waals surface area contributed by atoms with E-state index in [0.29, 0.717) is 15.8 Å². The van der Waals surface area contributed by atoms with E-state index >= 15 is 0 Å². The molecule has 0 aliphatic rings. The number of H-pyrrole nitrogens is 1. The van der Waals surface area contributed by atoms with Crippen LogP contribution in [0, 0.1) is 12.7 Å². The smallest absolute Gasteiger partial charge is 0.140 e. The third-order valence-corrected chi connectivity index (χ3v) is 3.28. The Hall–Kier alpha value is -1.75. The van der Waals surface area contributed by atoms with E-state index in [1.807, 2.05) is 13.0 Å². The van der Waals surface area contributed by atoms with Crippen LogP contribution in [0.1, 0.15) is 5.56 Å². The summed E-state index contributed by atoms with van der Waals surface area (Å²) in [5.41, 5.74) is 3.34. The Labute approximate surface area is 111 Å². The molecule has 2 aromatic heterocycles. The molecule has 0 fully saturated rings. The summed E-state index contributed by atoms with van der Waals surface area (Å²) in [6, 6.07) is 5.07. The maximum absolute atomic E-state index is 13.4. The minimum atomic E-state index is -0.305. The lowest BCUT2D eigenvalue weighted by molar-refractivity contribution is 0.623. The molecule has 3 aromatic rings. The first-order valence-electron chi connectivity index (χ1n) is 5.40. The van der Waals surface area contributed by atoms with Gasteiger partial charge in [-0.1, -0.05) is 0 Å². The number of pyridine rings is 1. The summed E-state index contributed by atoms with van der Waals surface area (Å²) in [4.78, 5) is 11.7. The molecule has 0 aliphatic carbocycles. The summed E-state index contributed by atoms with van der Waals surface area (Å²) < 4.78 is 13.8. The fourth-order valence-corrected chi connectivity index (χ4v) is 2.16. The van der Waals surface area contributed by atoms with Crippen LogP contribution < -0.4 is 0 Å². The fraction of sp³-hybridized carbons (Fsp3) is 0.0769. The van der Waals surface area contributed by atoms with E-state index in [1.165, 1.54) is 6.07 Å². The van der Waals surface area contributed by atoms with Gasteiger partial charge in [0.25, 0.3) is 0 Å². The summed E-state index contributed by atoms with van der Waals surface area (Å²) in [5, 5.41) is 0. The molecule has 2 heterocycles. The van der Waals surface area contributed by atoms with E-state index in [9.17, 15) is 4.39 Å². The zero-order valence-electron chi connectivity index (χ0n) is 9.54. The van der Waals surface area contributed by atoms with Crippen molar-refractivity contribution in [1.82, 2.24) is 15.0 Å². The van der Waals surface area contributed by atoms with Crippen LogP contribution in [0.4, 0.5) is 4.39 Å². The van der Waals surface area contributed by atoms with Gasteiger partial charge in [-0.3, -0.25) is 4.98 Å². The Bertz CT molecular complexity index is 697. The number of benzene rings is 1. The molecule has 5 heteroatoms. The Morgan fingerprint density at radius 3 is 2.83 bits per heavy atom. The highest BCUT2D eigenvalue weighted by Gasteiger charge is 2.09. The number of nitrogens with zero attached hydrogens (tertiary/aromatic N) is 2. The van der Waals surface area contributed by atoms with Gasteiger partial charge in [-0.2, -0.15) is 0 Å². The summed E-state index contributed by atoms with van der Waals surface area (Å²) in [6.45, 7) is 1.97. The first-order chi connectivity index (χ1) is 8.63. The summed E-state index contributed by atoms with van der Waals surface area (Å²) >= 11 is 3.15. The maximum Gasteiger partial charge on any atom is 0.140 e. The van der Waals surface area contributed by atoms with Crippen LogP contribution in [0.15, 0.2) is 35.1 Å². The molecular weight excluding hydrogens is 297 g/mol. The van der Waals surface area contributed by atoms with Crippen LogP contribution in [0.5, 0.6) is 0 Å². The molecule has 0 unspecified atom stereocenters. The average molecular weight is 306 g/mol. The van der Waals surface area contributed by atoms with Crippen LogP contribution in [-0.4, -0.2) is 15.0 Å². The van der Waals surface area contributed by atoms with Gasteiger partial charge in [-0.05, 0) is 40.5 Å². The molecule has 0 aliphatic heterocycles. The first kappa shape index (κ1) is 11.3. The van der Waals surface area contributed by atoms with E-state index in [2.05, 4.69) is 30.9 Å². The number of rotatable bonds is 1. The van der Waals surface area contributed by atoms with E-state index in [4.69, 9.17) is 0 Å². The van der Waals surface area contributed by atoms with Gasteiger partial charge >= 0.3 is 0 Å². The van der Waals surface area contributed by atoms with Crippen LogP contribution in [0.25, 0.3) is 22.4 Å². The minimum Gasteiger partial charge on any atom is -0.338 e. The maximum atomic E-state index is 13.4. The Morgan fingerprint density at radius 1 is 1.22 bits per heavy atom. The van der Waals surface area contributed by atoms with Crippen LogP contribution in [0.3, 0.4) is 0 Å². The Balaban J connectivity index is 2.19. The summed E-state index contributed by atoms with van der Waals surface area (Å²) in [7, 11) is 0. The topological polar surface area (TPSA) is 41.6 Å². The largest absolute Gasteiger partial charge is 0.338 e. The fourth-order valence-electron chi connectivity index (χ4n) is 1.83. The molecule has 0 amide bonds. The van der Waals surface area contributed by atoms with Crippen molar-refractivity contribution in [1.29, 1.82) is 0 Å². The molecule has 1 N–H and O–H groups in total. The third kappa shape index (κ3) is 1.90. The SMILES string of the molecule is Cc1cncc(-c2nc3cc(Br)c(F)cc3[nH]2)c1. The van der Waals surface area contributed by atoms with Crippen molar-refractivity contribution in [3.63, 3.8) is 0 Å². The van der Waals surface area contributed by atoms with Gasteiger partial charge in [-0.25, -0.2) is 9.37 Å². The number of aromatic nitrogens is 3. The van der Waals surface area contributed by atoms with E-state index in [0.717, 1.165) is 16.6 Å². The molecule has 18 heavy (non-hydrogen) atoms. The number of imidazole rings is 1. The monoisotopic (exact) mass is 305 g/mol. The molecule has 0 spiro atoms. The predicted octanol–water partition coefficient (Wildman–Crippen LogP) is 3.83. The van der Waals surface area contributed by atoms with Gasteiger partial charge in [-0.15, -0.1) is 0 Å².